The minimum Gasteiger partial charge on any atom is -0.508 e. The Labute approximate surface area is 178 Å². The third-order valence-corrected chi connectivity index (χ3v) is 6.88. The molecule has 12 heteroatoms. The van der Waals surface area contributed by atoms with Crippen LogP contribution in [0.3, 0.4) is 0 Å². The van der Waals surface area contributed by atoms with E-state index >= 15 is 0 Å². The summed E-state index contributed by atoms with van der Waals surface area (Å²) in [7, 11) is 0. The molecule has 0 spiro atoms. The zero-order valence-electron chi connectivity index (χ0n) is 15.9. The smallest absolute Gasteiger partial charge is 0.320 e. The molecule has 2 N–H and O–H groups in total. The van der Waals surface area contributed by atoms with E-state index < -0.39 is 38.8 Å². The van der Waals surface area contributed by atoms with Crippen molar-refractivity contribution in [2.75, 3.05) is 13.2 Å². The van der Waals surface area contributed by atoms with Crippen molar-refractivity contribution in [3.05, 3.63) is 48.4 Å². The summed E-state index contributed by atoms with van der Waals surface area (Å²) < 4.78 is 10.3. The first-order chi connectivity index (χ1) is 14.3. The number of carbonyl (C=O) groups is 2. The lowest BCUT2D eigenvalue weighted by Crippen LogP contribution is -2.41. The van der Waals surface area contributed by atoms with Gasteiger partial charge in [-0.1, -0.05) is 23.1 Å². The van der Waals surface area contributed by atoms with Gasteiger partial charge in [0.15, 0.2) is 0 Å². The summed E-state index contributed by atoms with van der Waals surface area (Å²) in [5.74, 6) is -3.90. The summed E-state index contributed by atoms with van der Waals surface area (Å²) >= 11 is 1.78. The van der Waals surface area contributed by atoms with Crippen LogP contribution in [0, 0.1) is 16.0 Å². The fourth-order valence-corrected chi connectivity index (χ4v) is 5.77. The first kappa shape index (κ1) is 21.8. The first-order valence-electron chi connectivity index (χ1n) is 8.98. The molecule has 0 radical (unpaired) electrons. The van der Waals surface area contributed by atoms with Crippen molar-refractivity contribution in [3.63, 3.8) is 0 Å². The molecule has 1 aliphatic heterocycles. The van der Waals surface area contributed by atoms with Gasteiger partial charge in [-0.2, -0.15) is 0 Å². The molecule has 3 atom stereocenters. The number of nitro benzene ring substituents is 1. The molecule has 0 saturated heterocycles. The Bertz CT molecular complexity index is 1050. The molecule has 2 aromatic rings. The third-order valence-electron chi connectivity index (χ3n) is 4.49. The summed E-state index contributed by atoms with van der Waals surface area (Å²) in [5.41, 5.74) is -0.255. The van der Waals surface area contributed by atoms with E-state index in [9.17, 15) is 29.6 Å². The van der Waals surface area contributed by atoms with Crippen LogP contribution in [0.4, 0.5) is 5.69 Å². The molecule has 160 valence electrons. The number of fused-ring (bicyclic) bond motifs is 1. The molecule has 0 aliphatic carbocycles. The van der Waals surface area contributed by atoms with Crippen molar-refractivity contribution in [3.8, 4) is 5.75 Å². The number of thiazole rings is 1. The van der Waals surface area contributed by atoms with Gasteiger partial charge in [0.1, 0.15) is 11.0 Å². The number of phenolic OH excluding ortho intramolecular Hbond substituents is 1. The van der Waals surface area contributed by atoms with Crippen molar-refractivity contribution in [1.82, 2.24) is 4.98 Å². The number of hydrogen-bond acceptors (Lipinski definition) is 10. The van der Waals surface area contributed by atoms with E-state index in [1.165, 1.54) is 0 Å². The Morgan fingerprint density at radius 3 is 2.53 bits per heavy atom. The number of aromatic amines is 1. The number of ether oxygens (including phenoxy) is 2. The van der Waals surface area contributed by atoms with Gasteiger partial charge < -0.3 is 19.6 Å². The molecule has 0 bridgehead atoms. The molecule has 30 heavy (non-hydrogen) atoms. The van der Waals surface area contributed by atoms with Crippen molar-refractivity contribution in [2.24, 2.45) is 5.92 Å². The second kappa shape index (κ2) is 8.88. The van der Waals surface area contributed by atoms with E-state index in [0.29, 0.717) is 9.90 Å². The number of benzene rings is 1. The number of aromatic nitrogens is 1. The number of esters is 2. The number of phenols is 1. The Balaban J connectivity index is 2.25. The average Bonchev–Trinajstić information content (AvgIpc) is 3.07. The number of nitro groups is 1. The fourth-order valence-electron chi connectivity index (χ4n) is 3.31. The zero-order valence-corrected chi connectivity index (χ0v) is 17.6. The van der Waals surface area contributed by atoms with Gasteiger partial charge in [-0.15, -0.1) is 0 Å². The molecule has 0 amide bonds. The van der Waals surface area contributed by atoms with Gasteiger partial charge in [-0.05, 0) is 19.9 Å². The van der Waals surface area contributed by atoms with Crippen LogP contribution in [0.25, 0.3) is 0 Å². The van der Waals surface area contributed by atoms with E-state index in [-0.39, 0.29) is 30.2 Å². The molecule has 0 saturated carbocycles. The minimum atomic E-state index is -1.17. The molecule has 2 heterocycles. The normalized spacial score (nSPS) is 20.3. The van der Waals surface area contributed by atoms with Gasteiger partial charge in [0, 0.05) is 28.5 Å². The summed E-state index contributed by atoms with van der Waals surface area (Å²) in [6.45, 7) is 3.34. The molecule has 1 aromatic heterocycles. The lowest BCUT2D eigenvalue weighted by Gasteiger charge is -2.34. The Kier molecular flexibility index (Phi) is 6.46. The molecular weight excluding hydrogens is 436 g/mol. The number of nitrogens with zero attached hydrogens (tertiary/aromatic N) is 1. The lowest BCUT2D eigenvalue weighted by atomic mass is 9.81. The van der Waals surface area contributed by atoms with Crippen LogP contribution < -0.4 is 4.87 Å². The third kappa shape index (κ3) is 4.05. The van der Waals surface area contributed by atoms with Gasteiger partial charge in [-0.3, -0.25) is 24.5 Å². The van der Waals surface area contributed by atoms with Crippen LogP contribution in [0.2, 0.25) is 0 Å². The Morgan fingerprint density at radius 1 is 1.23 bits per heavy atom. The quantitative estimate of drug-likeness (QED) is 0.381. The largest absolute Gasteiger partial charge is 0.508 e. The fraction of sp³-hybridized carbons (Fsp3) is 0.389. The van der Waals surface area contributed by atoms with E-state index in [1.807, 2.05) is 0 Å². The van der Waals surface area contributed by atoms with E-state index in [2.05, 4.69) is 4.98 Å². The van der Waals surface area contributed by atoms with Crippen molar-refractivity contribution in [1.29, 1.82) is 0 Å². The SMILES string of the molecule is CCOC(=O)[C@@H]1[C@H](c2cc([N+](=O)[O-])ccc2O)c2sc(=O)[nH]c2S[C@H]1C(=O)OCC. The molecule has 1 aliphatic rings. The highest BCUT2D eigenvalue weighted by atomic mass is 32.2. The van der Waals surface area contributed by atoms with Gasteiger partial charge >= 0.3 is 16.8 Å². The summed E-state index contributed by atoms with van der Waals surface area (Å²) in [5, 5.41) is 21.0. The number of carbonyl (C=O) groups excluding carboxylic acids is 2. The lowest BCUT2D eigenvalue weighted by molar-refractivity contribution is -0.385. The molecule has 0 unspecified atom stereocenters. The van der Waals surface area contributed by atoms with E-state index in [0.717, 1.165) is 41.3 Å². The number of thioether (sulfide) groups is 1. The van der Waals surface area contributed by atoms with Gasteiger partial charge in [0.2, 0.25) is 0 Å². The minimum absolute atomic E-state index is 0.0411. The second-order valence-corrected chi connectivity index (χ2v) is 8.42. The number of nitrogens with one attached hydrogen (secondary N) is 1. The highest BCUT2D eigenvalue weighted by molar-refractivity contribution is 8.00. The van der Waals surface area contributed by atoms with Gasteiger partial charge in [0.05, 0.1) is 29.1 Å². The standard InChI is InChI=1S/C18H18N2O8S2/c1-3-27-16(22)12-11(9-7-8(20(25)26)5-6-10(9)21)13-15(19-18(24)30-13)29-14(12)17(23)28-4-2/h5-7,11-12,14,21H,3-4H2,1-2H3,(H,19,24)/t11-,12+,14+/m0/s1. The van der Waals surface area contributed by atoms with Crippen LogP contribution in [0.1, 0.15) is 30.2 Å². The molecule has 0 fully saturated rings. The van der Waals surface area contributed by atoms with Gasteiger partial charge in [-0.25, -0.2) is 0 Å². The predicted molar refractivity (Wildman–Crippen MR) is 108 cm³/mol. The zero-order chi connectivity index (χ0) is 22.0. The maximum atomic E-state index is 12.9. The van der Waals surface area contributed by atoms with Crippen molar-refractivity contribution < 1.29 is 29.1 Å². The monoisotopic (exact) mass is 454 g/mol. The topological polar surface area (TPSA) is 149 Å². The number of aromatic hydroxyl groups is 1. The van der Waals surface area contributed by atoms with Crippen molar-refractivity contribution >= 4 is 40.7 Å². The van der Waals surface area contributed by atoms with Crippen LogP contribution in [-0.2, 0) is 19.1 Å². The first-order valence-corrected chi connectivity index (χ1v) is 10.7. The molecular formula is C18H18N2O8S2. The molecule has 10 nitrogen and oxygen atoms in total. The van der Waals surface area contributed by atoms with E-state index in [1.54, 1.807) is 13.8 Å². The average molecular weight is 454 g/mol. The number of rotatable bonds is 6. The van der Waals surface area contributed by atoms with Crippen LogP contribution in [-0.4, -0.2) is 45.4 Å². The number of non-ortho nitro benzene ring substituents is 1. The molecule has 3 rings (SSSR count). The maximum absolute atomic E-state index is 12.9. The highest BCUT2D eigenvalue weighted by Crippen LogP contribution is 2.51. The molecule has 1 aromatic carbocycles. The predicted octanol–water partition coefficient (Wildman–Crippen LogP) is 2.40. The van der Waals surface area contributed by atoms with E-state index in [4.69, 9.17) is 9.47 Å². The Morgan fingerprint density at radius 2 is 1.90 bits per heavy atom. The van der Waals surface area contributed by atoms with Gasteiger partial charge in [0.25, 0.3) is 5.69 Å². The Hall–Kier alpha value is -2.86. The summed E-state index contributed by atoms with van der Waals surface area (Å²) in [6.07, 6.45) is 0. The summed E-state index contributed by atoms with van der Waals surface area (Å²) in [6, 6.07) is 3.41. The van der Waals surface area contributed by atoms with Crippen molar-refractivity contribution in [2.45, 2.75) is 30.0 Å². The second-order valence-electron chi connectivity index (χ2n) is 6.25. The summed E-state index contributed by atoms with van der Waals surface area (Å²) in [4.78, 5) is 50.8. The number of H-pyrrole nitrogens is 1. The number of hydrogen-bond donors (Lipinski definition) is 2. The maximum Gasteiger partial charge on any atom is 0.320 e. The van der Waals surface area contributed by atoms with Crippen LogP contribution >= 0.6 is 23.1 Å². The highest BCUT2D eigenvalue weighted by Gasteiger charge is 2.50. The van der Waals surface area contributed by atoms with Crippen LogP contribution in [0.15, 0.2) is 28.0 Å². The van der Waals surface area contributed by atoms with Crippen LogP contribution in [0.5, 0.6) is 5.75 Å².